The van der Waals surface area contributed by atoms with Gasteiger partial charge in [0.1, 0.15) is 5.82 Å². The monoisotopic (exact) mass is 513 g/mol. The van der Waals surface area contributed by atoms with E-state index in [1.807, 2.05) is 18.2 Å². The summed E-state index contributed by atoms with van der Waals surface area (Å²) < 4.78 is 18.6. The minimum Gasteiger partial charge on any atom is -0.385 e. The summed E-state index contributed by atoms with van der Waals surface area (Å²) in [5.41, 5.74) is 3.89. The fourth-order valence-electron chi connectivity index (χ4n) is 4.46. The van der Waals surface area contributed by atoms with Gasteiger partial charge in [-0.15, -0.1) is 0 Å². The summed E-state index contributed by atoms with van der Waals surface area (Å²) >= 11 is 0. The van der Waals surface area contributed by atoms with Gasteiger partial charge in [-0.1, -0.05) is 30.3 Å². The summed E-state index contributed by atoms with van der Waals surface area (Å²) in [5, 5.41) is 16.8. The van der Waals surface area contributed by atoms with Crippen LogP contribution in [0.25, 0.3) is 11.3 Å². The van der Waals surface area contributed by atoms with Crippen molar-refractivity contribution in [3.8, 4) is 17.3 Å². The van der Waals surface area contributed by atoms with Crippen LogP contribution in [-0.2, 0) is 22.4 Å². The summed E-state index contributed by atoms with van der Waals surface area (Å²) in [6.07, 6.45) is 4.54. The van der Waals surface area contributed by atoms with Crippen molar-refractivity contribution < 1.29 is 18.7 Å². The fourth-order valence-corrected chi connectivity index (χ4v) is 4.46. The lowest BCUT2D eigenvalue weighted by Gasteiger charge is -2.14. The normalized spacial score (nSPS) is 11.5. The van der Waals surface area contributed by atoms with Crippen molar-refractivity contribution in [3.05, 3.63) is 88.9 Å². The minimum atomic E-state index is -0.444. The van der Waals surface area contributed by atoms with Gasteiger partial charge in [0.25, 0.3) is 0 Å². The number of halogens is 1. The number of carbonyl (C=O) groups excluding carboxylic acids is 2. The summed E-state index contributed by atoms with van der Waals surface area (Å²) in [6.45, 7) is 0.379. The van der Waals surface area contributed by atoms with Gasteiger partial charge in [-0.3, -0.25) is 14.6 Å². The molecule has 0 aliphatic carbocycles. The van der Waals surface area contributed by atoms with Crippen LogP contribution in [0.3, 0.4) is 0 Å². The van der Waals surface area contributed by atoms with Gasteiger partial charge in [0.15, 0.2) is 11.6 Å². The number of ether oxygens (including phenoxy) is 1. The average molecular weight is 514 g/mol. The van der Waals surface area contributed by atoms with Gasteiger partial charge >= 0.3 is 0 Å². The number of pyridine rings is 1. The van der Waals surface area contributed by atoms with Crippen molar-refractivity contribution in [2.75, 3.05) is 13.7 Å². The van der Waals surface area contributed by atoms with E-state index in [0.29, 0.717) is 60.4 Å². The molecule has 3 rings (SSSR count). The number of hydrogen-bond donors (Lipinski definition) is 1. The van der Waals surface area contributed by atoms with Gasteiger partial charge in [-0.2, -0.15) is 5.26 Å². The van der Waals surface area contributed by atoms with Crippen molar-refractivity contribution >= 4 is 17.8 Å². The molecule has 0 aliphatic heterocycles. The van der Waals surface area contributed by atoms with E-state index in [0.717, 1.165) is 24.6 Å². The first kappa shape index (κ1) is 28.5. The molecule has 0 saturated heterocycles. The third-order valence-corrected chi connectivity index (χ3v) is 6.55. The van der Waals surface area contributed by atoms with E-state index >= 15 is 0 Å². The SMILES string of the molecule is COCC[C@H](CCC(=O)c1ccc(-c2ccccc2C#N)nc1CCCCc1cccc(F)c1)C(=O)C=N. The molecular formula is C31H32FN3O3. The molecule has 0 unspecified atom stereocenters. The molecule has 0 radical (unpaired) electrons. The Bertz CT molecular complexity index is 1320. The Morgan fingerprint density at radius 3 is 2.61 bits per heavy atom. The van der Waals surface area contributed by atoms with Crippen molar-refractivity contribution in [3.63, 3.8) is 0 Å². The molecule has 1 N–H and O–H groups in total. The number of methoxy groups -OCH3 is 1. The first-order valence-corrected chi connectivity index (χ1v) is 12.8. The molecule has 3 aromatic rings. The molecule has 0 fully saturated rings. The number of rotatable bonds is 15. The Balaban J connectivity index is 1.80. The lowest BCUT2D eigenvalue weighted by atomic mass is 9.91. The van der Waals surface area contributed by atoms with E-state index in [-0.39, 0.29) is 23.8 Å². The molecule has 7 heteroatoms. The van der Waals surface area contributed by atoms with Gasteiger partial charge in [0.05, 0.1) is 29.2 Å². The van der Waals surface area contributed by atoms with E-state index < -0.39 is 5.92 Å². The molecule has 0 saturated carbocycles. The maximum absolute atomic E-state index is 13.5. The molecule has 0 aliphatic rings. The van der Waals surface area contributed by atoms with Gasteiger partial charge in [0, 0.05) is 37.2 Å². The number of unbranched alkanes of at least 4 members (excludes halogenated alkanes) is 1. The summed E-state index contributed by atoms with van der Waals surface area (Å²) in [5.74, 6) is -1.13. The molecular weight excluding hydrogens is 481 g/mol. The highest BCUT2D eigenvalue weighted by Gasteiger charge is 2.21. The molecule has 1 aromatic heterocycles. The number of ketones is 2. The fraction of sp³-hybridized carbons (Fsp3) is 0.323. The quantitative estimate of drug-likeness (QED) is 0.149. The zero-order chi connectivity index (χ0) is 27.3. The average Bonchev–Trinajstić information content (AvgIpc) is 2.94. The molecule has 0 bridgehead atoms. The van der Waals surface area contributed by atoms with Crippen molar-refractivity contribution in [1.82, 2.24) is 4.98 Å². The number of aryl methyl sites for hydroxylation is 2. The predicted octanol–water partition coefficient (Wildman–Crippen LogP) is 6.16. The van der Waals surface area contributed by atoms with Crippen LogP contribution in [0, 0.1) is 28.5 Å². The van der Waals surface area contributed by atoms with Crippen molar-refractivity contribution in [2.24, 2.45) is 5.92 Å². The first-order chi connectivity index (χ1) is 18.5. The molecule has 196 valence electrons. The maximum atomic E-state index is 13.5. The van der Waals surface area contributed by atoms with Crippen LogP contribution in [-0.4, -0.2) is 36.5 Å². The van der Waals surface area contributed by atoms with E-state index in [2.05, 4.69) is 6.07 Å². The third-order valence-electron chi connectivity index (χ3n) is 6.55. The predicted molar refractivity (Wildman–Crippen MR) is 145 cm³/mol. The number of aromatic nitrogens is 1. The minimum absolute atomic E-state index is 0.113. The van der Waals surface area contributed by atoms with Crippen LogP contribution in [0.4, 0.5) is 4.39 Å². The topological polar surface area (TPSA) is 104 Å². The Morgan fingerprint density at radius 1 is 1.08 bits per heavy atom. The van der Waals surface area contributed by atoms with Gasteiger partial charge in [0.2, 0.25) is 0 Å². The van der Waals surface area contributed by atoms with E-state index in [9.17, 15) is 19.2 Å². The number of Topliss-reactive ketones (excluding diaryl/α,β-unsaturated/α-hetero) is 2. The lowest BCUT2D eigenvalue weighted by molar-refractivity contribution is -0.116. The summed E-state index contributed by atoms with van der Waals surface area (Å²) in [4.78, 5) is 30.2. The van der Waals surface area contributed by atoms with E-state index in [1.165, 1.54) is 12.1 Å². The first-order valence-electron chi connectivity index (χ1n) is 12.8. The number of nitriles is 1. The second kappa shape index (κ2) is 14.7. The molecule has 0 spiro atoms. The summed E-state index contributed by atoms with van der Waals surface area (Å²) in [6, 6.07) is 19.4. The third kappa shape index (κ3) is 7.99. The standard InChI is InChI=1S/C31H32FN3O3/c1-38-18-17-23(31(37)21-34)13-16-30(36)27-14-15-29(26-11-4-3-9-24(26)20-33)35-28(27)12-5-2-7-22-8-6-10-25(32)19-22/h3-4,6,8-11,14-15,19,21,23,34H,2,5,7,12-13,16-18H2,1H3/t23-/m0/s1. The van der Waals surface area contributed by atoms with Crippen molar-refractivity contribution in [2.45, 2.75) is 44.9 Å². The van der Waals surface area contributed by atoms with Crippen LogP contribution in [0.2, 0.25) is 0 Å². The molecule has 6 nitrogen and oxygen atoms in total. The Kier molecular flexibility index (Phi) is 11.0. The van der Waals surface area contributed by atoms with Gasteiger partial charge in [-0.05, 0) is 74.4 Å². The Hall–Kier alpha value is -4.02. The second-order valence-corrected chi connectivity index (χ2v) is 9.17. The van der Waals surface area contributed by atoms with Gasteiger partial charge in [-0.25, -0.2) is 4.39 Å². The number of benzene rings is 2. The second-order valence-electron chi connectivity index (χ2n) is 9.17. The lowest BCUT2D eigenvalue weighted by Crippen LogP contribution is -2.19. The number of nitrogens with zero attached hydrogens (tertiary/aromatic N) is 2. The highest BCUT2D eigenvalue weighted by atomic mass is 19.1. The molecule has 1 atom stereocenters. The van der Waals surface area contributed by atoms with Crippen LogP contribution in [0.5, 0.6) is 0 Å². The molecule has 0 amide bonds. The van der Waals surface area contributed by atoms with E-state index in [1.54, 1.807) is 37.4 Å². The highest BCUT2D eigenvalue weighted by molar-refractivity contribution is 6.27. The van der Waals surface area contributed by atoms with Crippen LogP contribution in [0.1, 0.15) is 59.3 Å². The van der Waals surface area contributed by atoms with Crippen LogP contribution in [0.15, 0.2) is 60.7 Å². The smallest absolute Gasteiger partial charge is 0.176 e. The largest absolute Gasteiger partial charge is 0.385 e. The number of nitrogens with one attached hydrogen (secondary N) is 1. The number of hydrogen-bond acceptors (Lipinski definition) is 6. The zero-order valence-electron chi connectivity index (χ0n) is 21.6. The van der Waals surface area contributed by atoms with Gasteiger partial charge < -0.3 is 10.1 Å². The van der Waals surface area contributed by atoms with E-state index in [4.69, 9.17) is 15.1 Å². The Labute approximate surface area is 223 Å². The number of carbonyl (C=O) groups is 2. The molecule has 38 heavy (non-hydrogen) atoms. The van der Waals surface area contributed by atoms with Crippen LogP contribution < -0.4 is 0 Å². The van der Waals surface area contributed by atoms with Crippen molar-refractivity contribution in [1.29, 1.82) is 10.7 Å². The summed E-state index contributed by atoms with van der Waals surface area (Å²) in [7, 11) is 1.55. The molecule has 2 aromatic carbocycles. The zero-order valence-corrected chi connectivity index (χ0v) is 21.6. The molecule has 1 heterocycles. The highest BCUT2D eigenvalue weighted by Crippen LogP contribution is 2.25. The maximum Gasteiger partial charge on any atom is 0.176 e. The van der Waals surface area contributed by atoms with Crippen LogP contribution >= 0.6 is 0 Å². The Morgan fingerprint density at radius 2 is 1.87 bits per heavy atom.